The standard InChI is InChI=1S/C24H24ClN5O3/c1-15(28-19-4-2-18(25)3-5-19)21(14-27)23(31)29-20-6-7-22(17(12-20)13-26)30-10-8-16(9-11-30)24(32)33/h2-7,12,14,16H,8-11,27H2,1H3,(H,29,31)(H,32,33). The van der Waals surface area contributed by atoms with Crippen LogP contribution in [0.4, 0.5) is 17.1 Å². The van der Waals surface area contributed by atoms with E-state index in [0.29, 0.717) is 53.6 Å². The Morgan fingerprint density at radius 2 is 1.91 bits per heavy atom. The summed E-state index contributed by atoms with van der Waals surface area (Å²) in [5.74, 6) is -1.59. The molecule has 0 atom stereocenters. The molecule has 0 unspecified atom stereocenters. The van der Waals surface area contributed by atoms with Gasteiger partial charge in [-0.25, -0.2) is 0 Å². The molecule has 1 aliphatic heterocycles. The number of carbonyl (C=O) groups excluding carboxylic acids is 1. The van der Waals surface area contributed by atoms with Crippen molar-refractivity contribution in [2.24, 2.45) is 16.6 Å². The molecule has 0 radical (unpaired) electrons. The average molecular weight is 466 g/mol. The number of nitrogens with one attached hydrogen (secondary N) is 1. The molecule has 0 aliphatic carbocycles. The summed E-state index contributed by atoms with van der Waals surface area (Å²) in [5, 5.41) is 22.2. The molecule has 4 N–H and O–H groups in total. The molecular weight excluding hydrogens is 442 g/mol. The first-order valence-corrected chi connectivity index (χ1v) is 10.8. The molecule has 0 bridgehead atoms. The number of benzene rings is 2. The molecule has 0 aromatic heterocycles. The number of aliphatic imine (C=N–C) groups is 1. The number of halogens is 1. The third-order valence-electron chi connectivity index (χ3n) is 5.48. The monoisotopic (exact) mass is 465 g/mol. The van der Waals surface area contributed by atoms with Crippen LogP contribution >= 0.6 is 11.6 Å². The normalized spacial score (nSPS) is 15.1. The van der Waals surface area contributed by atoms with E-state index in [2.05, 4.69) is 16.4 Å². The number of amides is 1. The first kappa shape index (κ1) is 23.8. The van der Waals surface area contributed by atoms with Gasteiger partial charge in [0.25, 0.3) is 5.91 Å². The minimum Gasteiger partial charge on any atom is -0.481 e. The molecule has 1 saturated heterocycles. The van der Waals surface area contributed by atoms with Gasteiger partial charge in [0.15, 0.2) is 0 Å². The second-order valence-corrected chi connectivity index (χ2v) is 8.09. The summed E-state index contributed by atoms with van der Waals surface area (Å²) in [6.45, 7) is 2.78. The maximum atomic E-state index is 12.8. The van der Waals surface area contributed by atoms with Crippen molar-refractivity contribution in [2.45, 2.75) is 19.8 Å². The van der Waals surface area contributed by atoms with Gasteiger partial charge in [-0.3, -0.25) is 14.6 Å². The van der Waals surface area contributed by atoms with Crippen molar-refractivity contribution in [1.29, 1.82) is 5.26 Å². The van der Waals surface area contributed by atoms with Crippen LogP contribution in [0.15, 0.2) is 59.2 Å². The molecule has 3 rings (SSSR count). The van der Waals surface area contributed by atoms with Gasteiger partial charge in [0.05, 0.1) is 34.1 Å². The molecule has 2 aromatic rings. The molecule has 170 valence electrons. The summed E-state index contributed by atoms with van der Waals surface area (Å²) in [4.78, 5) is 30.4. The fourth-order valence-corrected chi connectivity index (χ4v) is 3.80. The van der Waals surface area contributed by atoms with Crippen molar-refractivity contribution in [3.8, 4) is 6.07 Å². The smallest absolute Gasteiger partial charge is 0.306 e. The number of carboxylic acid groups (broad SMARTS) is 1. The lowest BCUT2D eigenvalue weighted by Crippen LogP contribution is -2.36. The first-order valence-electron chi connectivity index (χ1n) is 10.4. The Morgan fingerprint density at radius 3 is 2.48 bits per heavy atom. The lowest BCUT2D eigenvalue weighted by atomic mass is 9.96. The molecule has 9 heteroatoms. The number of piperidine rings is 1. The van der Waals surface area contributed by atoms with Crippen LogP contribution in [-0.4, -0.2) is 35.8 Å². The van der Waals surface area contributed by atoms with E-state index in [4.69, 9.17) is 17.3 Å². The number of anilines is 2. The molecule has 1 heterocycles. The fraction of sp³-hybridized carbons (Fsp3) is 0.250. The van der Waals surface area contributed by atoms with Gasteiger partial charge in [-0.1, -0.05) is 11.6 Å². The Labute approximate surface area is 197 Å². The highest BCUT2D eigenvalue weighted by molar-refractivity contribution is 6.30. The Bertz CT molecular complexity index is 1140. The SMILES string of the molecule is CC(=Nc1ccc(Cl)cc1)C(=CN)C(=O)Nc1ccc(N2CCC(C(=O)O)CC2)c(C#N)c1. The van der Waals surface area contributed by atoms with Gasteiger partial charge in [-0.15, -0.1) is 0 Å². The summed E-state index contributed by atoms with van der Waals surface area (Å²) >= 11 is 5.89. The van der Waals surface area contributed by atoms with E-state index in [1.54, 1.807) is 49.4 Å². The van der Waals surface area contributed by atoms with Crippen molar-refractivity contribution in [3.05, 3.63) is 64.8 Å². The van der Waals surface area contributed by atoms with E-state index in [-0.39, 0.29) is 11.5 Å². The number of carboxylic acids is 1. The summed E-state index contributed by atoms with van der Waals surface area (Å²) in [6, 6.07) is 14.1. The Kier molecular flexibility index (Phi) is 7.70. The van der Waals surface area contributed by atoms with Gasteiger partial charge < -0.3 is 21.1 Å². The van der Waals surface area contributed by atoms with E-state index >= 15 is 0 Å². The minimum absolute atomic E-state index is 0.197. The molecule has 0 saturated carbocycles. The largest absolute Gasteiger partial charge is 0.481 e. The summed E-state index contributed by atoms with van der Waals surface area (Å²) in [7, 11) is 0. The summed E-state index contributed by atoms with van der Waals surface area (Å²) in [5.41, 5.74) is 8.50. The number of aliphatic carboxylic acids is 1. The van der Waals surface area contributed by atoms with Crippen LogP contribution in [0.2, 0.25) is 5.02 Å². The van der Waals surface area contributed by atoms with Crippen molar-refractivity contribution < 1.29 is 14.7 Å². The van der Waals surface area contributed by atoms with Gasteiger partial charge >= 0.3 is 5.97 Å². The number of hydrogen-bond donors (Lipinski definition) is 3. The van der Waals surface area contributed by atoms with Crippen molar-refractivity contribution in [1.82, 2.24) is 0 Å². The van der Waals surface area contributed by atoms with Gasteiger partial charge in [0, 0.05) is 30.0 Å². The van der Waals surface area contributed by atoms with Crippen molar-refractivity contribution >= 4 is 46.3 Å². The maximum absolute atomic E-state index is 12.8. The number of carbonyl (C=O) groups is 2. The van der Waals surface area contributed by atoms with Crippen LogP contribution < -0.4 is 16.0 Å². The Balaban J connectivity index is 1.73. The lowest BCUT2D eigenvalue weighted by molar-refractivity contribution is -0.142. The number of hydrogen-bond acceptors (Lipinski definition) is 6. The maximum Gasteiger partial charge on any atom is 0.306 e. The highest BCUT2D eigenvalue weighted by Gasteiger charge is 2.26. The number of nitrogens with zero attached hydrogens (tertiary/aromatic N) is 3. The van der Waals surface area contributed by atoms with E-state index in [1.807, 2.05) is 4.90 Å². The Hall–Kier alpha value is -3.83. The van der Waals surface area contributed by atoms with Crippen LogP contribution in [0, 0.1) is 17.2 Å². The second-order valence-electron chi connectivity index (χ2n) is 7.65. The van der Waals surface area contributed by atoms with Crippen LogP contribution in [0.5, 0.6) is 0 Å². The first-order chi connectivity index (χ1) is 15.8. The lowest BCUT2D eigenvalue weighted by Gasteiger charge is -2.32. The number of nitriles is 1. The van der Waals surface area contributed by atoms with Crippen LogP contribution in [0.25, 0.3) is 0 Å². The zero-order valence-electron chi connectivity index (χ0n) is 18.1. The highest BCUT2D eigenvalue weighted by Crippen LogP contribution is 2.28. The average Bonchev–Trinajstić information content (AvgIpc) is 2.81. The molecule has 2 aromatic carbocycles. The van der Waals surface area contributed by atoms with Gasteiger partial charge in [0.2, 0.25) is 0 Å². The Morgan fingerprint density at radius 1 is 1.24 bits per heavy atom. The number of nitrogens with two attached hydrogens (primary N) is 1. The molecule has 33 heavy (non-hydrogen) atoms. The van der Waals surface area contributed by atoms with E-state index in [9.17, 15) is 20.0 Å². The van der Waals surface area contributed by atoms with Gasteiger partial charge in [0.1, 0.15) is 6.07 Å². The third-order valence-corrected chi connectivity index (χ3v) is 5.74. The van der Waals surface area contributed by atoms with E-state index in [0.717, 1.165) is 5.69 Å². The van der Waals surface area contributed by atoms with Crippen LogP contribution in [0.1, 0.15) is 25.3 Å². The quantitative estimate of drug-likeness (QED) is 0.435. The van der Waals surface area contributed by atoms with E-state index < -0.39 is 11.9 Å². The molecule has 1 aliphatic rings. The molecule has 8 nitrogen and oxygen atoms in total. The second kappa shape index (κ2) is 10.7. The van der Waals surface area contributed by atoms with Crippen LogP contribution in [-0.2, 0) is 9.59 Å². The summed E-state index contributed by atoms with van der Waals surface area (Å²) < 4.78 is 0. The van der Waals surface area contributed by atoms with Gasteiger partial charge in [-0.05, 0) is 62.2 Å². The summed E-state index contributed by atoms with van der Waals surface area (Å²) in [6.07, 6.45) is 2.24. The zero-order chi connectivity index (χ0) is 24.0. The predicted octanol–water partition coefficient (Wildman–Crippen LogP) is 4.09. The molecular formula is C24H24ClN5O3. The molecule has 1 amide bonds. The third kappa shape index (κ3) is 5.90. The highest BCUT2D eigenvalue weighted by atomic mass is 35.5. The van der Waals surface area contributed by atoms with Gasteiger partial charge in [-0.2, -0.15) is 5.26 Å². The molecule has 0 spiro atoms. The zero-order valence-corrected chi connectivity index (χ0v) is 18.8. The van der Waals surface area contributed by atoms with Crippen molar-refractivity contribution in [3.63, 3.8) is 0 Å². The minimum atomic E-state index is -0.785. The van der Waals surface area contributed by atoms with Crippen molar-refractivity contribution in [2.75, 3.05) is 23.3 Å². The fourth-order valence-electron chi connectivity index (χ4n) is 3.67. The predicted molar refractivity (Wildman–Crippen MR) is 129 cm³/mol. The number of rotatable bonds is 6. The topological polar surface area (TPSA) is 132 Å². The molecule has 1 fully saturated rings. The van der Waals surface area contributed by atoms with Crippen LogP contribution in [0.3, 0.4) is 0 Å². The van der Waals surface area contributed by atoms with E-state index in [1.165, 1.54) is 6.20 Å².